The highest BCUT2D eigenvalue weighted by molar-refractivity contribution is 5.34. The second-order valence-electron chi connectivity index (χ2n) is 4.09. The Bertz CT molecular complexity index is 410. The fourth-order valence-corrected chi connectivity index (χ4v) is 1.62. The van der Waals surface area contributed by atoms with Gasteiger partial charge in [0.25, 0.3) is 0 Å². The quantitative estimate of drug-likeness (QED) is 0.628. The predicted molar refractivity (Wildman–Crippen MR) is 61.1 cm³/mol. The van der Waals surface area contributed by atoms with Crippen molar-refractivity contribution in [3.05, 3.63) is 39.7 Å². The van der Waals surface area contributed by atoms with Gasteiger partial charge in [0, 0.05) is 19.2 Å². The molecule has 0 spiro atoms. The molecule has 0 saturated carbocycles. The molecule has 6 heteroatoms. The molecule has 0 bridgehead atoms. The first-order valence-corrected chi connectivity index (χ1v) is 5.19. The molecule has 1 rings (SSSR count). The van der Waals surface area contributed by atoms with Gasteiger partial charge in [0.05, 0.1) is 11.0 Å². The number of nitrogens with zero attached hydrogens (tertiary/aromatic N) is 2. The fraction of sp³-hybridized carbons (Fsp3) is 0.455. The Hall–Kier alpha value is -1.53. The minimum Gasteiger partial charge on any atom is -0.392 e. The molecule has 0 fully saturated rings. The van der Waals surface area contributed by atoms with E-state index in [1.807, 2.05) is 4.90 Å². The molecule has 1 aromatic rings. The summed E-state index contributed by atoms with van der Waals surface area (Å²) in [7, 11) is 1.78. The monoisotopic (exact) mass is 242 g/mol. The topological polar surface area (TPSA) is 66.6 Å². The van der Waals surface area contributed by atoms with E-state index >= 15 is 0 Å². The summed E-state index contributed by atoms with van der Waals surface area (Å²) in [6.07, 6.45) is -0.470. The highest BCUT2D eigenvalue weighted by atomic mass is 19.1. The minimum absolute atomic E-state index is 0.430. The summed E-state index contributed by atoms with van der Waals surface area (Å²) in [6.45, 7) is 2.55. The molecule has 0 aromatic heterocycles. The second-order valence-corrected chi connectivity index (χ2v) is 4.09. The van der Waals surface area contributed by atoms with Crippen LogP contribution in [0.3, 0.4) is 0 Å². The van der Waals surface area contributed by atoms with Gasteiger partial charge < -0.3 is 5.11 Å². The van der Waals surface area contributed by atoms with Crippen LogP contribution in [0.1, 0.15) is 12.5 Å². The lowest BCUT2D eigenvalue weighted by Gasteiger charge is -2.18. The van der Waals surface area contributed by atoms with Gasteiger partial charge in [-0.15, -0.1) is 0 Å². The van der Waals surface area contributed by atoms with Gasteiger partial charge in [-0.3, -0.25) is 15.0 Å². The van der Waals surface area contributed by atoms with Crippen LogP contribution in [0.2, 0.25) is 0 Å². The number of aliphatic hydroxyl groups excluding tert-OH is 1. The van der Waals surface area contributed by atoms with Crippen molar-refractivity contribution in [2.45, 2.75) is 19.6 Å². The molecule has 17 heavy (non-hydrogen) atoms. The Kier molecular flexibility index (Phi) is 4.53. The third-order valence-electron chi connectivity index (χ3n) is 2.24. The number of likely N-dealkylation sites (N-methyl/N-ethyl adjacent to an activating group) is 1. The molecule has 5 nitrogen and oxygen atoms in total. The molecule has 0 aliphatic carbocycles. The molecule has 0 heterocycles. The van der Waals surface area contributed by atoms with Crippen molar-refractivity contribution in [3.63, 3.8) is 0 Å². The first-order chi connectivity index (χ1) is 7.90. The van der Waals surface area contributed by atoms with Crippen LogP contribution >= 0.6 is 0 Å². The van der Waals surface area contributed by atoms with E-state index in [1.165, 1.54) is 6.07 Å². The summed E-state index contributed by atoms with van der Waals surface area (Å²) < 4.78 is 13.3. The molecular weight excluding hydrogens is 227 g/mol. The van der Waals surface area contributed by atoms with Crippen LogP contribution in [0.5, 0.6) is 0 Å². The molecule has 1 N–H and O–H groups in total. The van der Waals surface area contributed by atoms with Crippen molar-refractivity contribution in [3.8, 4) is 0 Å². The molecule has 0 amide bonds. The van der Waals surface area contributed by atoms with Crippen molar-refractivity contribution < 1.29 is 14.4 Å². The van der Waals surface area contributed by atoms with Gasteiger partial charge >= 0.3 is 5.69 Å². The number of nitro benzene ring substituents is 1. The van der Waals surface area contributed by atoms with Gasteiger partial charge in [-0.2, -0.15) is 4.39 Å². The Balaban J connectivity index is 2.74. The second kappa shape index (κ2) is 5.70. The van der Waals surface area contributed by atoms with Gasteiger partial charge in [0.2, 0.25) is 5.82 Å². The summed E-state index contributed by atoms with van der Waals surface area (Å²) in [4.78, 5) is 11.5. The van der Waals surface area contributed by atoms with E-state index < -0.39 is 22.5 Å². The largest absolute Gasteiger partial charge is 0.392 e. The van der Waals surface area contributed by atoms with Crippen LogP contribution in [0.4, 0.5) is 10.1 Å². The van der Waals surface area contributed by atoms with Gasteiger partial charge in [-0.1, -0.05) is 6.07 Å². The zero-order valence-electron chi connectivity index (χ0n) is 9.76. The van der Waals surface area contributed by atoms with Gasteiger partial charge in [0.1, 0.15) is 0 Å². The van der Waals surface area contributed by atoms with Crippen LogP contribution < -0.4 is 0 Å². The minimum atomic E-state index is -0.835. The molecule has 0 saturated heterocycles. The molecule has 1 atom stereocenters. The highest BCUT2D eigenvalue weighted by Crippen LogP contribution is 2.18. The number of hydrogen-bond acceptors (Lipinski definition) is 4. The van der Waals surface area contributed by atoms with Crippen LogP contribution in [0.25, 0.3) is 0 Å². The predicted octanol–water partition coefficient (Wildman–Crippen LogP) is 1.55. The van der Waals surface area contributed by atoms with E-state index in [0.717, 1.165) is 12.1 Å². The maximum Gasteiger partial charge on any atom is 0.304 e. The van der Waals surface area contributed by atoms with Gasteiger partial charge in [0.15, 0.2) is 0 Å². The van der Waals surface area contributed by atoms with Crippen LogP contribution in [0, 0.1) is 15.9 Å². The lowest BCUT2D eigenvalue weighted by molar-refractivity contribution is -0.387. The number of halogens is 1. The highest BCUT2D eigenvalue weighted by Gasteiger charge is 2.14. The lowest BCUT2D eigenvalue weighted by atomic mass is 10.2. The zero-order valence-corrected chi connectivity index (χ0v) is 9.76. The Morgan fingerprint density at radius 2 is 2.24 bits per heavy atom. The summed E-state index contributed by atoms with van der Waals surface area (Å²) in [5.74, 6) is -0.835. The Morgan fingerprint density at radius 3 is 2.71 bits per heavy atom. The van der Waals surface area contributed by atoms with E-state index in [0.29, 0.717) is 18.7 Å². The van der Waals surface area contributed by atoms with Crippen molar-refractivity contribution in [1.29, 1.82) is 0 Å². The molecule has 1 aromatic carbocycles. The van der Waals surface area contributed by atoms with Crippen LogP contribution in [0.15, 0.2) is 18.2 Å². The maximum atomic E-state index is 13.3. The Morgan fingerprint density at radius 1 is 1.59 bits per heavy atom. The summed E-state index contributed by atoms with van der Waals surface area (Å²) in [5.41, 5.74) is 0.114. The number of hydrogen-bond donors (Lipinski definition) is 1. The van der Waals surface area contributed by atoms with Crippen molar-refractivity contribution >= 4 is 5.69 Å². The van der Waals surface area contributed by atoms with E-state index in [-0.39, 0.29) is 0 Å². The SMILES string of the molecule is CC(O)CN(C)Cc1ccc([N+](=O)[O-])c(F)c1. The third-order valence-corrected chi connectivity index (χ3v) is 2.24. The molecule has 0 radical (unpaired) electrons. The van der Waals surface area contributed by atoms with Gasteiger partial charge in [-0.25, -0.2) is 0 Å². The molecule has 94 valence electrons. The standard InChI is InChI=1S/C11H15FN2O3/c1-8(15)6-13(2)7-9-3-4-11(14(16)17)10(12)5-9/h3-5,8,15H,6-7H2,1-2H3. The zero-order chi connectivity index (χ0) is 13.0. The molecule has 0 aliphatic rings. The maximum absolute atomic E-state index is 13.3. The number of benzene rings is 1. The van der Waals surface area contributed by atoms with Crippen molar-refractivity contribution in [2.75, 3.05) is 13.6 Å². The third kappa shape index (κ3) is 4.08. The average molecular weight is 242 g/mol. The van der Waals surface area contributed by atoms with Crippen molar-refractivity contribution in [2.24, 2.45) is 0 Å². The summed E-state index contributed by atoms with van der Waals surface area (Å²) in [6, 6.07) is 3.82. The van der Waals surface area contributed by atoms with E-state index in [1.54, 1.807) is 14.0 Å². The molecule has 1 unspecified atom stereocenters. The number of rotatable bonds is 5. The normalized spacial score (nSPS) is 12.8. The molecular formula is C11H15FN2O3. The smallest absolute Gasteiger partial charge is 0.304 e. The van der Waals surface area contributed by atoms with Crippen molar-refractivity contribution in [1.82, 2.24) is 4.90 Å². The van der Waals surface area contributed by atoms with Crippen LogP contribution in [-0.4, -0.2) is 34.6 Å². The summed E-state index contributed by atoms with van der Waals surface area (Å²) in [5, 5.41) is 19.6. The Labute approximate surface area is 98.6 Å². The van der Waals surface area contributed by atoms with E-state index in [9.17, 15) is 14.5 Å². The number of aliphatic hydroxyl groups is 1. The lowest BCUT2D eigenvalue weighted by Crippen LogP contribution is -2.26. The fourth-order valence-electron chi connectivity index (χ4n) is 1.62. The van der Waals surface area contributed by atoms with Gasteiger partial charge in [-0.05, 0) is 25.6 Å². The first-order valence-electron chi connectivity index (χ1n) is 5.19. The van der Waals surface area contributed by atoms with Crippen LogP contribution in [-0.2, 0) is 6.54 Å². The van der Waals surface area contributed by atoms with E-state index in [4.69, 9.17) is 5.11 Å². The summed E-state index contributed by atoms with van der Waals surface area (Å²) >= 11 is 0. The van der Waals surface area contributed by atoms with E-state index in [2.05, 4.69) is 0 Å². The number of nitro groups is 1. The average Bonchev–Trinajstić information content (AvgIpc) is 2.15. The molecule has 0 aliphatic heterocycles. The first kappa shape index (κ1) is 13.5.